The Bertz CT molecular complexity index is 1780. The molecule has 50 heavy (non-hydrogen) atoms. The Morgan fingerprint density at radius 3 is 2.08 bits per heavy atom. The van der Waals surface area contributed by atoms with Crippen molar-refractivity contribution in [3.8, 4) is 5.69 Å². The average molecular weight is 701 g/mol. The van der Waals surface area contributed by atoms with E-state index in [1.165, 1.54) is 6.07 Å². The maximum Gasteiger partial charge on any atom is 0.419 e. The van der Waals surface area contributed by atoms with E-state index in [4.69, 9.17) is 17.2 Å². The Labute approximate surface area is 291 Å². The fraction of sp³-hybridized carbons (Fsp3) is 0.486. The molecule has 4 aromatic rings. The number of alkyl halides is 3. The highest BCUT2D eigenvalue weighted by atomic mass is 19.4. The number of aryl methyl sites for hydroxylation is 1. The molecule has 8 N–H and O–H groups in total. The van der Waals surface area contributed by atoms with Gasteiger partial charge in [0.25, 0.3) is 0 Å². The summed E-state index contributed by atoms with van der Waals surface area (Å²) in [7, 11) is 0. The van der Waals surface area contributed by atoms with E-state index in [9.17, 15) is 22.4 Å². The van der Waals surface area contributed by atoms with Gasteiger partial charge in [-0.2, -0.15) is 18.2 Å². The van der Waals surface area contributed by atoms with E-state index in [1.807, 2.05) is 44.3 Å². The van der Waals surface area contributed by atoms with E-state index in [2.05, 4.69) is 47.1 Å². The predicted octanol–water partition coefficient (Wildman–Crippen LogP) is 6.58. The van der Waals surface area contributed by atoms with Crippen LogP contribution in [0.25, 0.3) is 16.7 Å². The quantitative estimate of drug-likeness (QED) is 0.0546. The first kappa shape index (κ1) is 40.2. The third kappa shape index (κ3) is 11.7. The Kier molecular flexibility index (Phi) is 12.7. The van der Waals surface area contributed by atoms with Gasteiger partial charge < -0.3 is 27.5 Å². The topological polar surface area (TPSA) is 153 Å². The SMILES string of the molecule is CC(C)(C)c1cc2cn(-c3ccc(CNCCCN=C(N)N)cc3)c(=O)nc2[nH]1.CC(C)(N)CCc1cc(C(C)(C)C)c(F)c(C(F)(F)F)c1. The molecule has 0 radical (unpaired) electrons. The minimum Gasteiger partial charge on any atom is -0.370 e. The number of rotatable bonds is 10. The second kappa shape index (κ2) is 15.8. The molecule has 274 valence electrons. The van der Waals surface area contributed by atoms with Gasteiger partial charge in [0.1, 0.15) is 11.5 Å². The number of nitrogens with two attached hydrogens (primary N) is 3. The van der Waals surface area contributed by atoms with E-state index < -0.39 is 28.5 Å². The number of H-pyrrole nitrogens is 1. The van der Waals surface area contributed by atoms with Crippen LogP contribution in [0.1, 0.15) is 96.2 Å². The van der Waals surface area contributed by atoms with Crippen LogP contribution in [0, 0.1) is 5.82 Å². The molecular weight excluding hydrogens is 648 g/mol. The number of aromatic nitrogens is 3. The molecule has 0 aliphatic carbocycles. The number of aromatic amines is 1. The highest BCUT2D eigenvalue weighted by Gasteiger charge is 2.37. The summed E-state index contributed by atoms with van der Waals surface area (Å²) < 4.78 is 54.8. The maximum absolute atomic E-state index is 14.2. The fourth-order valence-corrected chi connectivity index (χ4v) is 5.05. The van der Waals surface area contributed by atoms with E-state index in [-0.39, 0.29) is 22.6 Å². The zero-order valence-electron chi connectivity index (χ0n) is 30.4. The first-order chi connectivity index (χ1) is 23.0. The first-order valence-corrected chi connectivity index (χ1v) is 16.6. The summed E-state index contributed by atoms with van der Waals surface area (Å²) in [6, 6.07) is 12.4. The third-order valence-electron chi connectivity index (χ3n) is 7.97. The lowest BCUT2D eigenvalue weighted by Gasteiger charge is -2.24. The van der Waals surface area contributed by atoms with Crippen LogP contribution in [0.15, 0.2) is 58.4 Å². The second-order valence-electron chi connectivity index (χ2n) is 15.4. The van der Waals surface area contributed by atoms with Crippen molar-refractivity contribution in [1.29, 1.82) is 0 Å². The maximum atomic E-state index is 14.2. The van der Waals surface area contributed by atoms with Gasteiger partial charge in [-0.15, -0.1) is 0 Å². The zero-order chi connectivity index (χ0) is 37.7. The van der Waals surface area contributed by atoms with Crippen LogP contribution in [0.4, 0.5) is 17.6 Å². The number of hydrogen-bond acceptors (Lipinski definition) is 5. The average Bonchev–Trinajstić information content (AvgIpc) is 3.40. The highest BCUT2D eigenvalue weighted by Crippen LogP contribution is 2.37. The molecular formula is C37H52F4N8O. The number of halogens is 4. The summed E-state index contributed by atoms with van der Waals surface area (Å²) in [4.78, 5) is 23.9. The van der Waals surface area contributed by atoms with Crippen molar-refractivity contribution in [2.45, 2.75) is 104 Å². The Morgan fingerprint density at radius 2 is 1.54 bits per heavy atom. The van der Waals surface area contributed by atoms with Gasteiger partial charge in [0, 0.05) is 41.3 Å². The number of hydrogen-bond donors (Lipinski definition) is 5. The van der Waals surface area contributed by atoms with Gasteiger partial charge >= 0.3 is 11.9 Å². The van der Waals surface area contributed by atoms with Crippen molar-refractivity contribution in [3.63, 3.8) is 0 Å². The molecule has 0 spiro atoms. The lowest BCUT2D eigenvalue weighted by atomic mass is 9.83. The summed E-state index contributed by atoms with van der Waals surface area (Å²) in [5.74, 6) is -1.05. The fourth-order valence-electron chi connectivity index (χ4n) is 5.05. The molecule has 9 nitrogen and oxygen atoms in total. The molecule has 0 aliphatic rings. The minimum absolute atomic E-state index is 0.0352. The number of nitrogens with zero attached hydrogens (tertiary/aromatic N) is 3. The first-order valence-electron chi connectivity index (χ1n) is 16.6. The van der Waals surface area contributed by atoms with E-state index in [0.29, 0.717) is 30.6 Å². The number of benzene rings is 2. The smallest absolute Gasteiger partial charge is 0.370 e. The van der Waals surface area contributed by atoms with Gasteiger partial charge in [0.2, 0.25) is 0 Å². The molecule has 13 heteroatoms. The van der Waals surface area contributed by atoms with Crippen LogP contribution in [-0.4, -0.2) is 39.1 Å². The second-order valence-corrected chi connectivity index (χ2v) is 15.4. The lowest BCUT2D eigenvalue weighted by Crippen LogP contribution is -2.32. The normalized spacial score (nSPS) is 12.5. The van der Waals surface area contributed by atoms with E-state index in [0.717, 1.165) is 47.9 Å². The van der Waals surface area contributed by atoms with Crippen LogP contribution in [0.2, 0.25) is 0 Å². The van der Waals surface area contributed by atoms with Crippen molar-refractivity contribution in [2.24, 2.45) is 22.2 Å². The number of nitrogens with one attached hydrogen (secondary N) is 2. The molecule has 2 aromatic heterocycles. The van der Waals surface area contributed by atoms with E-state index in [1.54, 1.807) is 25.3 Å². The summed E-state index contributed by atoms with van der Waals surface area (Å²) in [5, 5.41) is 4.27. The van der Waals surface area contributed by atoms with Gasteiger partial charge in [-0.3, -0.25) is 9.56 Å². The largest absolute Gasteiger partial charge is 0.419 e. The number of guanidine groups is 1. The van der Waals surface area contributed by atoms with Gasteiger partial charge in [-0.05, 0) is 86.0 Å². The van der Waals surface area contributed by atoms with Gasteiger partial charge in [-0.25, -0.2) is 9.18 Å². The van der Waals surface area contributed by atoms with Crippen LogP contribution in [0.5, 0.6) is 0 Å². The Morgan fingerprint density at radius 1 is 0.920 bits per heavy atom. The highest BCUT2D eigenvalue weighted by molar-refractivity contribution is 5.76. The van der Waals surface area contributed by atoms with Crippen molar-refractivity contribution < 1.29 is 17.6 Å². The van der Waals surface area contributed by atoms with Gasteiger partial charge in [-0.1, -0.05) is 59.7 Å². The summed E-state index contributed by atoms with van der Waals surface area (Å²) in [5.41, 5.74) is 17.9. The zero-order valence-corrected chi connectivity index (χ0v) is 30.4. The summed E-state index contributed by atoms with van der Waals surface area (Å²) >= 11 is 0. The molecule has 0 saturated heterocycles. The lowest BCUT2D eigenvalue weighted by molar-refractivity contribution is -0.140. The molecule has 0 fully saturated rings. The van der Waals surface area contributed by atoms with Crippen molar-refractivity contribution in [2.75, 3.05) is 13.1 Å². The number of aliphatic imine (C=N–C) groups is 1. The van der Waals surface area contributed by atoms with Gasteiger partial charge in [0.05, 0.1) is 11.3 Å². The molecule has 0 amide bonds. The monoisotopic (exact) mass is 700 g/mol. The molecule has 4 rings (SSSR count). The van der Waals surface area contributed by atoms with Crippen LogP contribution >= 0.6 is 0 Å². The standard InChI is InChI=1S/C21H29N7O.C16H23F4N/c1-21(2,3)17-11-15-13-28(20(29)27-18(15)26-17)16-7-5-14(6-8-16)12-24-9-4-10-25-19(22)23;1-14(2,3)11-8-10(6-7-15(4,5)21)9-12(13(11)17)16(18,19)20/h5-8,11,13,24H,4,9-10,12H2,1-3H3,(H4,22,23,25)(H,26,27,29);8-9H,6-7,21H2,1-5H3. The van der Waals surface area contributed by atoms with Crippen molar-refractivity contribution in [3.05, 3.63) is 92.9 Å². The predicted molar refractivity (Wildman–Crippen MR) is 194 cm³/mol. The van der Waals surface area contributed by atoms with Gasteiger partial charge in [0.15, 0.2) is 5.96 Å². The minimum atomic E-state index is -4.70. The van der Waals surface area contributed by atoms with E-state index >= 15 is 0 Å². The van der Waals surface area contributed by atoms with Crippen LogP contribution in [0.3, 0.4) is 0 Å². The van der Waals surface area contributed by atoms with Crippen LogP contribution < -0.4 is 28.2 Å². The Balaban J connectivity index is 0.000000286. The third-order valence-corrected chi connectivity index (χ3v) is 7.97. The number of fused-ring (bicyclic) bond motifs is 1. The molecule has 2 aromatic carbocycles. The molecule has 0 aliphatic heterocycles. The van der Waals surface area contributed by atoms with Crippen molar-refractivity contribution >= 4 is 17.0 Å². The molecule has 0 bridgehead atoms. The summed E-state index contributed by atoms with van der Waals surface area (Å²) in [6.45, 7) is 17.3. The summed E-state index contributed by atoms with van der Waals surface area (Å²) in [6.07, 6.45) is -1.08. The van der Waals surface area contributed by atoms with Crippen LogP contribution in [-0.2, 0) is 30.0 Å². The Hall–Kier alpha value is -4.23. The molecule has 0 unspecified atom stereocenters. The van der Waals surface area contributed by atoms with Crippen molar-refractivity contribution in [1.82, 2.24) is 19.9 Å². The molecule has 2 heterocycles. The molecule has 0 saturated carbocycles. The molecule has 0 atom stereocenters.